The van der Waals surface area contributed by atoms with Crippen molar-refractivity contribution in [2.45, 2.75) is 5.30 Å². The maximum atomic E-state index is 13.4. The summed E-state index contributed by atoms with van der Waals surface area (Å²) in [5, 5.41) is 3.55. The molecule has 0 radical (unpaired) electrons. The van der Waals surface area contributed by atoms with Crippen molar-refractivity contribution in [1.29, 1.82) is 0 Å². The number of aryl methyl sites for hydroxylation is 1. The van der Waals surface area contributed by atoms with Gasteiger partial charge in [-0.25, -0.2) is 9.97 Å². The molecule has 0 aliphatic carbocycles. The van der Waals surface area contributed by atoms with Gasteiger partial charge in [0.1, 0.15) is 66.5 Å². The molecule has 7 nitrogen and oxygen atoms in total. The van der Waals surface area contributed by atoms with Crippen LogP contribution in [-0.2, 0) is 7.05 Å². The fourth-order valence-electron chi connectivity index (χ4n) is 4.13. The molecule has 3 aromatic heterocycles. The second-order valence-electron chi connectivity index (χ2n) is 9.75. The molecule has 14 heteroatoms. The van der Waals surface area contributed by atoms with Crippen LogP contribution in [0, 0.1) is 0 Å². The zero-order valence-electron chi connectivity index (χ0n) is 21.1. The van der Waals surface area contributed by atoms with Crippen molar-refractivity contribution in [2.75, 3.05) is 5.32 Å². The number of benzene rings is 1. The van der Waals surface area contributed by atoms with Crippen LogP contribution in [0.2, 0.25) is 0 Å². The molecule has 1 amide bonds. The first-order valence-corrected chi connectivity index (χ1v) is 11.3. The van der Waals surface area contributed by atoms with Gasteiger partial charge in [-0.3, -0.25) is 9.78 Å². The zero-order valence-corrected chi connectivity index (χ0v) is 21.1. The molecule has 0 spiro atoms. The number of anilines is 1. The summed E-state index contributed by atoms with van der Waals surface area (Å²) in [5.41, 5.74) is 7.07. The highest BCUT2D eigenvalue weighted by Crippen LogP contribution is 2.23. The lowest BCUT2D eigenvalue weighted by atomic mass is 9.52. The Morgan fingerprint density at radius 1 is 0.971 bits per heavy atom. The van der Waals surface area contributed by atoms with Crippen molar-refractivity contribution < 1.29 is 9.53 Å². The van der Waals surface area contributed by atoms with E-state index >= 15 is 0 Å². The predicted octanol–water partition coefficient (Wildman–Crippen LogP) is -6.79. The van der Waals surface area contributed by atoms with E-state index in [2.05, 4.69) is 20.3 Å². The molecule has 0 unspecified atom stereocenters. The van der Waals surface area contributed by atoms with Gasteiger partial charge in [-0.2, -0.15) is 0 Å². The number of nitrogens with zero attached hydrogens (tertiary/aromatic N) is 4. The summed E-state index contributed by atoms with van der Waals surface area (Å²) in [6.07, 6.45) is 7.04. The standard InChI is InChI=1S/C20H24B7N5O2/c1-32-7-28-6-11(32)9-2-8-3-12(30-5-10(8)29-4-9)31-19(33)13-14(21)16(23)18(17(24)15(13)22)34-20(25,26)27/h2-7H,21-27H2,1H3,(H,30,31,33). The average Bonchev–Trinajstić information content (AvgIpc) is 3.20. The van der Waals surface area contributed by atoms with Crippen LogP contribution in [0.25, 0.3) is 22.2 Å². The lowest BCUT2D eigenvalue weighted by Crippen LogP contribution is -2.51. The van der Waals surface area contributed by atoms with Crippen molar-refractivity contribution >= 4 is 99.4 Å². The number of carbonyl (C=O) groups is 1. The third kappa shape index (κ3) is 4.54. The molecule has 162 valence electrons. The number of carbonyl (C=O) groups excluding carboxylic acids is 1. The van der Waals surface area contributed by atoms with Gasteiger partial charge in [-0.15, -0.1) is 0 Å². The molecular formula is C20H24B7N5O2. The van der Waals surface area contributed by atoms with E-state index in [-0.39, 0.29) is 11.2 Å². The third-order valence-corrected chi connectivity index (χ3v) is 6.11. The van der Waals surface area contributed by atoms with E-state index in [0.29, 0.717) is 11.4 Å². The third-order valence-electron chi connectivity index (χ3n) is 6.11. The molecule has 34 heavy (non-hydrogen) atoms. The number of aromatic nitrogens is 4. The number of fused-ring (bicyclic) bond motifs is 1. The second-order valence-corrected chi connectivity index (χ2v) is 9.75. The van der Waals surface area contributed by atoms with Crippen molar-refractivity contribution in [3.05, 3.63) is 42.6 Å². The highest BCUT2D eigenvalue weighted by atomic mass is 16.5. The Labute approximate surface area is 205 Å². The Bertz CT molecular complexity index is 1410. The van der Waals surface area contributed by atoms with Crippen LogP contribution in [-0.4, -0.2) is 85.6 Å². The van der Waals surface area contributed by atoms with Gasteiger partial charge in [0, 0.05) is 35.1 Å². The first-order valence-electron chi connectivity index (χ1n) is 11.3. The number of pyridine rings is 2. The van der Waals surface area contributed by atoms with Crippen LogP contribution in [0.1, 0.15) is 10.4 Å². The lowest BCUT2D eigenvalue weighted by Gasteiger charge is -2.28. The molecule has 1 N–H and O–H groups in total. The van der Waals surface area contributed by atoms with E-state index < -0.39 is 0 Å². The monoisotopic (exact) mass is 443 g/mol. The van der Waals surface area contributed by atoms with E-state index in [4.69, 9.17) is 4.74 Å². The number of ether oxygens (including phenoxy) is 1. The summed E-state index contributed by atoms with van der Waals surface area (Å²) in [6, 6.07) is 3.88. The number of amides is 1. The van der Waals surface area contributed by atoms with Crippen LogP contribution < -0.4 is 31.9 Å². The van der Waals surface area contributed by atoms with E-state index in [9.17, 15) is 4.79 Å². The summed E-state index contributed by atoms with van der Waals surface area (Å²) in [4.78, 5) is 26.5. The highest BCUT2D eigenvalue weighted by Gasteiger charge is 2.23. The van der Waals surface area contributed by atoms with Gasteiger partial charge in [0.2, 0.25) is 0 Å². The van der Waals surface area contributed by atoms with E-state index in [1.807, 2.05) is 78.7 Å². The quantitative estimate of drug-likeness (QED) is 0.311. The first kappa shape index (κ1) is 23.9. The van der Waals surface area contributed by atoms with E-state index in [1.165, 1.54) is 0 Å². The predicted molar refractivity (Wildman–Crippen MR) is 158 cm³/mol. The fraction of sp³-hybridized carbons (Fsp3) is 0.100. The summed E-state index contributed by atoms with van der Waals surface area (Å²) >= 11 is 0. The number of imidazole rings is 1. The van der Waals surface area contributed by atoms with Crippen LogP contribution in [0.4, 0.5) is 5.82 Å². The number of nitrogens with one attached hydrogen (secondary N) is 1. The smallest absolute Gasteiger partial charge is 0.255 e. The molecule has 4 aromatic rings. The molecule has 1 aromatic carbocycles. The Kier molecular flexibility index (Phi) is 6.19. The van der Waals surface area contributed by atoms with Crippen LogP contribution in [0.3, 0.4) is 0 Å². The van der Waals surface area contributed by atoms with Gasteiger partial charge < -0.3 is 14.6 Å². The summed E-state index contributed by atoms with van der Waals surface area (Å²) in [7, 11) is 15.9. The maximum Gasteiger partial charge on any atom is 0.255 e. The Morgan fingerprint density at radius 3 is 2.24 bits per heavy atom. The van der Waals surface area contributed by atoms with Crippen molar-refractivity contribution in [3.63, 3.8) is 0 Å². The maximum absolute atomic E-state index is 13.4. The minimum absolute atomic E-state index is 0.189. The molecular weight excluding hydrogens is 418 g/mol. The molecule has 0 aliphatic rings. The number of hydrogen-bond acceptors (Lipinski definition) is 5. The summed E-state index contributed by atoms with van der Waals surface area (Å²) in [5.74, 6) is 1.13. The molecule has 0 atom stereocenters. The molecule has 0 saturated carbocycles. The largest absolute Gasteiger partial charge is 0.515 e. The van der Waals surface area contributed by atoms with Gasteiger partial charge in [0.15, 0.2) is 0 Å². The lowest BCUT2D eigenvalue weighted by molar-refractivity contribution is 0.102. The molecule has 3 heterocycles. The summed E-state index contributed by atoms with van der Waals surface area (Å²) in [6.45, 7) is 0. The average molecular weight is 442 g/mol. The minimum Gasteiger partial charge on any atom is -0.515 e. The van der Waals surface area contributed by atoms with Crippen LogP contribution >= 0.6 is 0 Å². The van der Waals surface area contributed by atoms with Gasteiger partial charge in [0.05, 0.1) is 29.9 Å². The van der Waals surface area contributed by atoms with E-state index in [0.717, 1.165) is 49.8 Å². The number of hydrogen-bond donors (Lipinski definition) is 1. The van der Waals surface area contributed by atoms with Crippen molar-refractivity contribution in [1.82, 2.24) is 19.5 Å². The Balaban J connectivity index is 1.68. The highest BCUT2D eigenvalue weighted by molar-refractivity contribution is 6.62. The van der Waals surface area contributed by atoms with Gasteiger partial charge >= 0.3 is 0 Å². The second kappa shape index (κ2) is 8.82. The molecule has 0 fully saturated rings. The van der Waals surface area contributed by atoms with Crippen molar-refractivity contribution in [2.24, 2.45) is 7.05 Å². The van der Waals surface area contributed by atoms with Gasteiger partial charge in [-0.05, 0) is 12.1 Å². The van der Waals surface area contributed by atoms with Gasteiger partial charge in [-0.1, -0.05) is 21.9 Å². The Morgan fingerprint density at radius 2 is 1.65 bits per heavy atom. The Hall–Kier alpha value is -3.29. The SMILES string of the molecule is Bc1c(B)c(C(=O)Nc2cc3cc(-c4cncn4C)cnc3cn2)c(B)c(B)c1OC(B)(B)B. The first-order chi connectivity index (χ1) is 16.0. The molecule has 0 aliphatic heterocycles. The number of rotatable bonds is 5. The molecule has 0 bridgehead atoms. The molecule has 0 saturated heterocycles. The minimum atomic E-state index is -0.324. The van der Waals surface area contributed by atoms with Crippen LogP contribution in [0.15, 0.2) is 37.1 Å². The van der Waals surface area contributed by atoms with Crippen molar-refractivity contribution in [3.8, 4) is 17.0 Å². The topological polar surface area (TPSA) is 81.9 Å². The van der Waals surface area contributed by atoms with E-state index in [1.54, 1.807) is 24.9 Å². The summed E-state index contributed by atoms with van der Waals surface area (Å²) < 4.78 is 8.16. The fourth-order valence-corrected chi connectivity index (χ4v) is 4.13. The normalized spacial score (nSPS) is 11.4. The molecule has 4 rings (SSSR count). The van der Waals surface area contributed by atoms with Crippen LogP contribution in [0.5, 0.6) is 5.75 Å². The van der Waals surface area contributed by atoms with Gasteiger partial charge in [0.25, 0.3) is 5.91 Å². The zero-order chi connectivity index (χ0) is 24.8.